The van der Waals surface area contributed by atoms with E-state index in [1.807, 2.05) is 24.3 Å². The van der Waals surface area contributed by atoms with Crippen LogP contribution in [0.2, 0.25) is 0 Å². The number of hydrogen-bond donors (Lipinski definition) is 1. The number of nitrogens with one attached hydrogen (secondary N) is 1. The van der Waals surface area contributed by atoms with Gasteiger partial charge in [-0.1, -0.05) is 6.07 Å². The Kier molecular flexibility index (Phi) is 4.07. The van der Waals surface area contributed by atoms with Crippen LogP contribution in [-0.2, 0) is 0 Å². The fraction of sp³-hybridized carbons (Fsp3) is 0. The summed E-state index contributed by atoms with van der Waals surface area (Å²) in [7, 11) is 0. The van der Waals surface area contributed by atoms with Crippen molar-refractivity contribution < 1.29 is 4.79 Å². The second-order valence-electron chi connectivity index (χ2n) is 4.79. The summed E-state index contributed by atoms with van der Waals surface area (Å²) in [6.07, 6.45) is 3.21. The highest BCUT2D eigenvalue weighted by atomic mass is 16.1. The van der Waals surface area contributed by atoms with Gasteiger partial charge >= 0.3 is 0 Å². The van der Waals surface area contributed by atoms with Gasteiger partial charge in [0.15, 0.2) is 0 Å². The van der Waals surface area contributed by atoms with Gasteiger partial charge in [-0.2, -0.15) is 5.26 Å². The maximum atomic E-state index is 12.2. The number of amides is 1. The fourth-order valence-electron chi connectivity index (χ4n) is 2.03. The lowest BCUT2D eigenvalue weighted by Crippen LogP contribution is -2.12. The molecule has 0 unspecified atom stereocenters. The van der Waals surface area contributed by atoms with Gasteiger partial charge in [-0.05, 0) is 48.5 Å². The monoisotopic (exact) mass is 300 g/mol. The van der Waals surface area contributed by atoms with Crippen molar-refractivity contribution in [2.75, 3.05) is 5.32 Å². The predicted molar refractivity (Wildman–Crippen MR) is 86.6 cm³/mol. The maximum Gasteiger partial charge on any atom is 0.257 e. The summed E-state index contributed by atoms with van der Waals surface area (Å²) >= 11 is 0. The van der Waals surface area contributed by atoms with E-state index < -0.39 is 0 Å². The number of carbonyl (C=O) groups is 1. The van der Waals surface area contributed by atoms with Crippen molar-refractivity contribution in [1.82, 2.24) is 9.97 Å². The Labute approximate surface area is 133 Å². The molecule has 0 bridgehead atoms. The number of benzene rings is 1. The van der Waals surface area contributed by atoms with Crippen LogP contribution in [0.3, 0.4) is 0 Å². The molecule has 0 fully saturated rings. The molecule has 2 heterocycles. The van der Waals surface area contributed by atoms with Crippen molar-refractivity contribution in [3.05, 3.63) is 78.1 Å². The van der Waals surface area contributed by atoms with Crippen LogP contribution in [0.4, 0.5) is 5.69 Å². The van der Waals surface area contributed by atoms with Crippen LogP contribution < -0.4 is 5.32 Å². The second-order valence-corrected chi connectivity index (χ2v) is 4.79. The Morgan fingerprint density at radius 3 is 2.35 bits per heavy atom. The summed E-state index contributed by atoms with van der Waals surface area (Å²) in [4.78, 5) is 20.7. The summed E-state index contributed by atoms with van der Waals surface area (Å²) < 4.78 is 0. The number of carbonyl (C=O) groups excluding carboxylic acids is 1. The molecule has 3 rings (SSSR count). The van der Waals surface area contributed by atoms with Crippen LogP contribution in [0.25, 0.3) is 11.4 Å². The zero-order valence-corrected chi connectivity index (χ0v) is 12.1. The summed E-state index contributed by atoms with van der Waals surface area (Å²) in [5, 5.41) is 11.5. The molecule has 5 nitrogen and oxygen atoms in total. The van der Waals surface area contributed by atoms with Crippen LogP contribution in [0.15, 0.2) is 67.0 Å². The number of rotatable bonds is 3. The molecule has 3 aromatic rings. The van der Waals surface area contributed by atoms with Crippen LogP contribution in [0.1, 0.15) is 15.9 Å². The van der Waals surface area contributed by atoms with Crippen molar-refractivity contribution >= 4 is 11.6 Å². The summed E-state index contributed by atoms with van der Waals surface area (Å²) in [6.45, 7) is 0. The molecule has 0 aliphatic carbocycles. The lowest BCUT2D eigenvalue weighted by atomic mass is 10.2. The molecular weight excluding hydrogens is 288 g/mol. The predicted octanol–water partition coefficient (Wildman–Crippen LogP) is 3.27. The average molecular weight is 300 g/mol. The van der Waals surface area contributed by atoms with Gasteiger partial charge in [0.2, 0.25) is 0 Å². The molecule has 0 aliphatic rings. The van der Waals surface area contributed by atoms with Crippen molar-refractivity contribution in [2.45, 2.75) is 0 Å². The van der Waals surface area contributed by atoms with E-state index in [0.717, 1.165) is 5.69 Å². The average Bonchev–Trinajstić information content (AvgIpc) is 2.63. The van der Waals surface area contributed by atoms with Crippen molar-refractivity contribution in [3.8, 4) is 17.5 Å². The Balaban J connectivity index is 1.74. The van der Waals surface area contributed by atoms with E-state index >= 15 is 0 Å². The van der Waals surface area contributed by atoms with E-state index in [9.17, 15) is 4.79 Å². The molecule has 0 saturated heterocycles. The molecule has 2 aromatic heterocycles. The number of pyridine rings is 2. The first kappa shape index (κ1) is 14.4. The number of anilines is 1. The third-order valence-electron chi connectivity index (χ3n) is 3.22. The summed E-state index contributed by atoms with van der Waals surface area (Å²) in [6, 6.07) is 17.8. The Hall–Kier alpha value is -3.52. The molecule has 0 saturated carbocycles. The highest BCUT2D eigenvalue weighted by Crippen LogP contribution is 2.15. The topological polar surface area (TPSA) is 78.7 Å². The third-order valence-corrected chi connectivity index (χ3v) is 3.22. The maximum absolute atomic E-state index is 12.2. The SMILES string of the molecule is N#Cc1ccc(NC(=O)c2ccc(-c3ccccn3)nc2)cc1. The van der Waals surface area contributed by atoms with Crippen molar-refractivity contribution in [1.29, 1.82) is 5.26 Å². The molecule has 1 aromatic carbocycles. The van der Waals surface area contributed by atoms with Gasteiger partial charge in [0, 0.05) is 18.1 Å². The molecule has 0 spiro atoms. The Morgan fingerprint density at radius 2 is 1.74 bits per heavy atom. The minimum Gasteiger partial charge on any atom is -0.322 e. The van der Waals surface area contributed by atoms with E-state index in [-0.39, 0.29) is 5.91 Å². The lowest BCUT2D eigenvalue weighted by Gasteiger charge is -2.06. The molecule has 1 N–H and O–H groups in total. The largest absolute Gasteiger partial charge is 0.322 e. The van der Waals surface area contributed by atoms with Gasteiger partial charge < -0.3 is 5.32 Å². The van der Waals surface area contributed by atoms with E-state index in [0.29, 0.717) is 22.5 Å². The van der Waals surface area contributed by atoms with Crippen LogP contribution >= 0.6 is 0 Å². The van der Waals surface area contributed by atoms with E-state index in [2.05, 4.69) is 15.3 Å². The normalized spacial score (nSPS) is 9.87. The molecular formula is C18H12N4O. The standard InChI is InChI=1S/C18H12N4O/c19-11-13-4-7-15(8-5-13)22-18(23)14-6-9-17(21-12-14)16-3-1-2-10-20-16/h1-10,12H,(H,22,23). The number of nitrogens with zero attached hydrogens (tertiary/aromatic N) is 3. The van der Waals surface area contributed by atoms with E-state index in [4.69, 9.17) is 5.26 Å². The minimum atomic E-state index is -0.255. The Bertz CT molecular complexity index is 850. The smallest absolute Gasteiger partial charge is 0.257 e. The molecule has 0 atom stereocenters. The van der Waals surface area contributed by atoms with Crippen LogP contribution in [0.5, 0.6) is 0 Å². The van der Waals surface area contributed by atoms with E-state index in [1.54, 1.807) is 42.6 Å². The fourth-order valence-corrected chi connectivity index (χ4v) is 2.03. The van der Waals surface area contributed by atoms with Crippen LogP contribution in [0, 0.1) is 11.3 Å². The minimum absolute atomic E-state index is 0.255. The van der Waals surface area contributed by atoms with Crippen LogP contribution in [-0.4, -0.2) is 15.9 Å². The van der Waals surface area contributed by atoms with E-state index in [1.165, 1.54) is 6.20 Å². The highest BCUT2D eigenvalue weighted by molar-refractivity contribution is 6.04. The van der Waals surface area contributed by atoms with Gasteiger partial charge in [-0.15, -0.1) is 0 Å². The first-order chi connectivity index (χ1) is 11.3. The Morgan fingerprint density at radius 1 is 0.957 bits per heavy atom. The van der Waals surface area contributed by atoms with Crippen molar-refractivity contribution in [2.24, 2.45) is 0 Å². The lowest BCUT2D eigenvalue weighted by molar-refractivity contribution is 0.102. The molecule has 23 heavy (non-hydrogen) atoms. The molecule has 0 radical (unpaired) electrons. The molecule has 1 amide bonds. The van der Waals surface area contributed by atoms with Gasteiger partial charge in [-0.3, -0.25) is 14.8 Å². The first-order valence-electron chi connectivity index (χ1n) is 6.95. The summed E-state index contributed by atoms with van der Waals surface area (Å²) in [5.74, 6) is -0.255. The van der Waals surface area contributed by atoms with Gasteiger partial charge in [-0.25, -0.2) is 0 Å². The zero-order valence-electron chi connectivity index (χ0n) is 12.1. The number of aromatic nitrogens is 2. The summed E-state index contributed by atoms with van der Waals surface area (Å²) in [5.41, 5.74) is 3.09. The molecule has 0 aliphatic heterocycles. The number of nitriles is 1. The first-order valence-corrected chi connectivity index (χ1v) is 6.95. The van der Waals surface area contributed by atoms with Gasteiger partial charge in [0.25, 0.3) is 5.91 Å². The molecule has 110 valence electrons. The highest BCUT2D eigenvalue weighted by Gasteiger charge is 2.08. The number of hydrogen-bond acceptors (Lipinski definition) is 4. The van der Waals surface area contributed by atoms with Gasteiger partial charge in [0.05, 0.1) is 28.6 Å². The zero-order chi connectivity index (χ0) is 16.1. The van der Waals surface area contributed by atoms with Gasteiger partial charge in [0.1, 0.15) is 0 Å². The van der Waals surface area contributed by atoms with Crippen molar-refractivity contribution in [3.63, 3.8) is 0 Å². The third kappa shape index (κ3) is 3.39. The molecule has 5 heteroatoms. The second kappa shape index (κ2) is 6.50. The quantitative estimate of drug-likeness (QED) is 0.805.